The highest BCUT2D eigenvalue weighted by Crippen LogP contribution is 2.48. The Balaban J connectivity index is 2.09. The minimum absolute atomic E-state index is 0.0836. The average Bonchev–Trinajstić information content (AvgIpc) is 3.04. The molecule has 0 saturated heterocycles. The fourth-order valence-corrected chi connectivity index (χ4v) is 2.82. The number of halogens is 3. The molecule has 0 spiro atoms. The Hall–Kier alpha value is -0.000000000000000111. The average molecular weight is 370 g/mol. The van der Waals surface area contributed by atoms with E-state index in [2.05, 4.69) is 27.9 Å². The number of carbonyl (C=O) groups is 1. The highest BCUT2D eigenvalue weighted by molar-refractivity contribution is 14.1. The molecule has 1 N–H and O–H groups in total. The Morgan fingerprint density at radius 2 is 2.06 bits per heavy atom. The molecule has 0 heterocycles. The summed E-state index contributed by atoms with van der Waals surface area (Å²) in [6, 6.07) is 5.11. The molecule has 2 rings (SSSR count). The van der Waals surface area contributed by atoms with Crippen molar-refractivity contribution in [1.82, 2.24) is 0 Å². The van der Waals surface area contributed by atoms with Gasteiger partial charge in [-0.25, -0.2) is 0 Å². The van der Waals surface area contributed by atoms with Crippen LogP contribution in [0.2, 0.25) is 10.0 Å². The summed E-state index contributed by atoms with van der Waals surface area (Å²) >= 11 is 13.9. The van der Waals surface area contributed by atoms with Crippen molar-refractivity contribution in [3.63, 3.8) is 0 Å². The second-order valence-corrected chi connectivity index (χ2v) is 5.57. The SMILES string of the molecule is O=C(Nc1ccc(Cl)c(Cl)c1)C1(CI)CC1. The first-order valence-corrected chi connectivity index (χ1v) is 7.18. The molecule has 5 heteroatoms. The number of nitrogens with one attached hydrogen (secondary N) is 1. The molecule has 0 atom stereocenters. The zero-order valence-electron chi connectivity index (χ0n) is 8.40. The van der Waals surface area contributed by atoms with Crippen LogP contribution in [0.3, 0.4) is 0 Å². The maximum atomic E-state index is 11.9. The third-order valence-corrected chi connectivity index (χ3v) is 4.97. The van der Waals surface area contributed by atoms with E-state index < -0.39 is 0 Å². The van der Waals surface area contributed by atoms with Crippen LogP contribution in [0.5, 0.6) is 0 Å². The Morgan fingerprint density at radius 3 is 2.56 bits per heavy atom. The van der Waals surface area contributed by atoms with Crippen LogP contribution in [0.4, 0.5) is 5.69 Å². The van der Waals surface area contributed by atoms with Gasteiger partial charge in [-0.1, -0.05) is 45.8 Å². The maximum absolute atomic E-state index is 11.9. The molecule has 0 bridgehead atoms. The summed E-state index contributed by atoms with van der Waals surface area (Å²) in [7, 11) is 0. The van der Waals surface area contributed by atoms with Gasteiger partial charge < -0.3 is 5.32 Å². The second-order valence-electron chi connectivity index (χ2n) is 4.00. The van der Waals surface area contributed by atoms with Crippen LogP contribution in [0, 0.1) is 5.41 Å². The second kappa shape index (κ2) is 4.70. The molecule has 0 aliphatic heterocycles. The quantitative estimate of drug-likeness (QED) is 0.629. The third kappa shape index (κ3) is 2.46. The van der Waals surface area contributed by atoms with E-state index in [1.807, 2.05) is 0 Å². The van der Waals surface area contributed by atoms with Crippen LogP contribution in [0.25, 0.3) is 0 Å². The number of hydrogen-bond donors (Lipinski definition) is 1. The number of rotatable bonds is 3. The molecule has 1 amide bonds. The summed E-state index contributed by atoms with van der Waals surface area (Å²) in [4.78, 5) is 11.9. The summed E-state index contributed by atoms with van der Waals surface area (Å²) in [5, 5.41) is 3.83. The normalized spacial score (nSPS) is 16.9. The highest BCUT2D eigenvalue weighted by atomic mass is 127. The van der Waals surface area contributed by atoms with Gasteiger partial charge in [0.2, 0.25) is 5.91 Å². The molecule has 0 unspecified atom stereocenters. The van der Waals surface area contributed by atoms with Crippen LogP contribution < -0.4 is 5.32 Å². The molecule has 1 fully saturated rings. The van der Waals surface area contributed by atoms with Crippen LogP contribution in [-0.2, 0) is 4.79 Å². The summed E-state index contributed by atoms with van der Waals surface area (Å²) in [6.07, 6.45) is 1.95. The van der Waals surface area contributed by atoms with Crippen LogP contribution in [-0.4, -0.2) is 10.3 Å². The van der Waals surface area contributed by atoms with Crippen LogP contribution >= 0.6 is 45.8 Å². The summed E-state index contributed by atoms with van der Waals surface area (Å²) < 4.78 is 0.859. The van der Waals surface area contributed by atoms with Crippen LogP contribution in [0.15, 0.2) is 18.2 Å². The predicted octanol–water partition coefficient (Wildman–Crippen LogP) is 4.15. The van der Waals surface area contributed by atoms with E-state index in [1.165, 1.54) is 0 Å². The Kier molecular flexibility index (Phi) is 3.66. The number of benzene rings is 1. The van der Waals surface area contributed by atoms with E-state index in [0.717, 1.165) is 17.3 Å². The van der Waals surface area contributed by atoms with Crippen molar-refractivity contribution >= 4 is 57.4 Å². The molecular formula is C11H10Cl2INO. The van der Waals surface area contributed by atoms with Crippen molar-refractivity contribution in [2.24, 2.45) is 5.41 Å². The Bertz CT molecular complexity index is 432. The number of hydrogen-bond acceptors (Lipinski definition) is 1. The number of amides is 1. The van der Waals surface area contributed by atoms with Crippen molar-refractivity contribution in [3.8, 4) is 0 Å². The van der Waals surface area contributed by atoms with Gasteiger partial charge in [0.25, 0.3) is 0 Å². The van der Waals surface area contributed by atoms with Crippen molar-refractivity contribution < 1.29 is 4.79 Å². The molecule has 1 aliphatic carbocycles. The maximum Gasteiger partial charge on any atom is 0.231 e. The zero-order chi connectivity index (χ0) is 11.8. The van der Waals surface area contributed by atoms with E-state index in [4.69, 9.17) is 23.2 Å². The van der Waals surface area contributed by atoms with E-state index in [1.54, 1.807) is 18.2 Å². The van der Waals surface area contributed by atoms with Gasteiger partial charge in [0.1, 0.15) is 0 Å². The molecule has 2 nitrogen and oxygen atoms in total. The molecule has 16 heavy (non-hydrogen) atoms. The first kappa shape index (κ1) is 12.5. The monoisotopic (exact) mass is 369 g/mol. The predicted molar refractivity (Wildman–Crippen MR) is 75.6 cm³/mol. The largest absolute Gasteiger partial charge is 0.326 e. The lowest BCUT2D eigenvalue weighted by molar-refractivity contribution is -0.120. The molecular weight excluding hydrogens is 360 g/mol. The first-order chi connectivity index (χ1) is 7.57. The summed E-state index contributed by atoms with van der Waals surface area (Å²) in [5.74, 6) is 0.0836. The summed E-state index contributed by atoms with van der Waals surface area (Å²) in [5.41, 5.74) is 0.558. The van der Waals surface area contributed by atoms with Gasteiger partial charge in [0.05, 0.1) is 15.5 Å². The fourth-order valence-electron chi connectivity index (χ4n) is 1.41. The zero-order valence-corrected chi connectivity index (χ0v) is 12.1. The first-order valence-electron chi connectivity index (χ1n) is 4.90. The lowest BCUT2D eigenvalue weighted by Crippen LogP contribution is -2.25. The van der Waals surface area contributed by atoms with Gasteiger partial charge >= 0.3 is 0 Å². The van der Waals surface area contributed by atoms with Gasteiger partial charge in [-0.05, 0) is 31.0 Å². The van der Waals surface area contributed by atoms with E-state index >= 15 is 0 Å². The fraction of sp³-hybridized carbons (Fsp3) is 0.364. The van der Waals surface area contributed by atoms with Gasteiger partial charge in [-0.2, -0.15) is 0 Å². The molecule has 1 aliphatic rings. The minimum atomic E-state index is -0.146. The molecule has 1 aromatic rings. The molecule has 0 aromatic heterocycles. The van der Waals surface area contributed by atoms with E-state index in [9.17, 15) is 4.79 Å². The van der Waals surface area contributed by atoms with Gasteiger partial charge in [0.15, 0.2) is 0 Å². The number of carbonyl (C=O) groups excluding carboxylic acids is 1. The van der Waals surface area contributed by atoms with Crippen molar-refractivity contribution in [3.05, 3.63) is 28.2 Å². The Morgan fingerprint density at radius 1 is 1.38 bits per heavy atom. The number of anilines is 1. The summed E-state index contributed by atoms with van der Waals surface area (Å²) in [6.45, 7) is 0. The van der Waals surface area contributed by atoms with Crippen LogP contribution in [0.1, 0.15) is 12.8 Å². The molecule has 1 aromatic carbocycles. The topological polar surface area (TPSA) is 29.1 Å². The lowest BCUT2D eigenvalue weighted by atomic mass is 10.1. The van der Waals surface area contributed by atoms with Gasteiger partial charge in [-0.3, -0.25) is 4.79 Å². The van der Waals surface area contributed by atoms with Crippen molar-refractivity contribution in [2.75, 3.05) is 9.74 Å². The van der Waals surface area contributed by atoms with Crippen molar-refractivity contribution in [1.29, 1.82) is 0 Å². The molecule has 86 valence electrons. The molecule has 1 saturated carbocycles. The minimum Gasteiger partial charge on any atom is -0.326 e. The number of alkyl halides is 1. The highest BCUT2D eigenvalue weighted by Gasteiger charge is 2.48. The van der Waals surface area contributed by atoms with E-state index in [-0.39, 0.29) is 11.3 Å². The lowest BCUT2D eigenvalue weighted by Gasteiger charge is -2.12. The van der Waals surface area contributed by atoms with Crippen molar-refractivity contribution in [2.45, 2.75) is 12.8 Å². The molecule has 0 radical (unpaired) electrons. The standard InChI is InChI=1S/C11H10Cl2INO/c12-8-2-1-7(5-9(8)13)15-10(16)11(6-14)3-4-11/h1-2,5H,3-4,6H2,(H,15,16). The Labute approximate surface area is 118 Å². The smallest absolute Gasteiger partial charge is 0.231 e. The van der Waals surface area contributed by atoms with Gasteiger partial charge in [-0.15, -0.1) is 0 Å². The third-order valence-electron chi connectivity index (χ3n) is 2.77. The van der Waals surface area contributed by atoms with E-state index in [0.29, 0.717) is 15.7 Å². The van der Waals surface area contributed by atoms with Gasteiger partial charge in [0, 0.05) is 10.1 Å².